The number of sulfonamides is 1. The zero-order chi connectivity index (χ0) is 25.7. The van der Waals surface area contributed by atoms with Crippen LogP contribution in [0.15, 0.2) is 83.8 Å². The molecule has 1 fully saturated rings. The van der Waals surface area contributed by atoms with Gasteiger partial charge in [-0.15, -0.1) is 0 Å². The summed E-state index contributed by atoms with van der Waals surface area (Å²) in [5.74, 6) is -1.47. The van der Waals surface area contributed by atoms with Gasteiger partial charge in [0.25, 0.3) is 5.91 Å². The molecule has 0 spiro atoms. The van der Waals surface area contributed by atoms with Gasteiger partial charge < -0.3 is 10.6 Å². The normalized spacial score (nSPS) is 15.7. The zero-order valence-corrected chi connectivity index (χ0v) is 20.7. The van der Waals surface area contributed by atoms with Gasteiger partial charge >= 0.3 is 0 Å². The van der Waals surface area contributed by atoms with Crippen LogP contribution in [0.4, 0.5) is 10.1 Å². The monoisotopic (exact) mass is 509 g/mol. The molecule has 9 heteroatoms. The summed E-state index contributed by atoms with van der Waals surface area (Å²) in [6.45, 7) is 2.24. The van der Waals surface area contributed by atoms with Crippen molar-refractivity contribution in [3.8, 4) is 0 Å². The first kappa shape index (κ1) is 25.5. The zero-order valence-electron chi connectivity index (χ0n) is 19.9. The predicted molar refractivity (Wildman–Crippen MR) is 135 cm³/mol. The molecular weight excluding hydrogens is 481 g/mol. The number of nitrogens with zero attached hydrogens (tertiary/aromatic N) is 1. The van der Waals surface area contributed by atoms with E-state index in [9.17, 15) is 22.4 Å². The highest BCUT2D eigenvalue weighted by Crippen LogP contribution is 2.26. The Balaban J connectivity index is 1.38. The van der Waals surface area contributed by atoms with E-state index in [0.717, 1.165) is 17.7 Å². The summed E-state index contributed by atoms with van der Waals surface area (Å²) in [5, 5.41) is 5.82. The number of rotatable bonds is 7. The summed E-state index contributed by atoms with van der Waals surface area (Å²) in [6.07, 6.45) is 0.678. The second-order valence-electron chi connectivity index (χ2n) is 8.77. The first-order valence-electron chi connectivity index (χ1n) is 11.8. The number of amides is 2. The lowest BCUT2D eigenvalue weighted by atomic mass is 9.97. The first-order valence-corrected chi connectivity index (χ1v) is 13.2. The molecule has 1 aliphatic rings. The molecule has 2 N–H and O–H groups in total. The van der Waals surface area contributed by atoms with Crippen LogP contribution in [-0.2, 0) is 14.8 Å². The van der Waals surface area contributed by atoms with E-state index >= 15 is 0 Å². The minimum absolute atomic E-state index is 0.0245. The van der Waals surface area contributed by atoms with E-state index in [1.54, 1.807) is 24.3 Å². The van der Waals surface area contributed by atoms with E-state index in [2.05, 4.69) is 10.6 Å². The van der Waals surface area contributed by atoms with E-state index in [0.29, 0.717) is 24.1 Å². The van der Waals surface area contributed by atoms with Crippen LogP contribution in [0.3, 0.4) is 0 Å². The lowest BCUT2D eigenvalue weighted by Gasteiger charge is -2.30. The molecule has 3 aromatic rings. The quantitative estimate of drug-likeness (QED) is 0.495. The van der Waals surface area contributed by atoms with Gasteiger partial charge in [-0.05, 0) is 61.7 Å². The fourth-order valence-corrected chi connectivity index (χ4v) is 5.71. The molecule has 0 saturated carbocycles. The third-order valence-corrected chi connectivity index (χ3v) is 8.27. The van der Waals surface area contributed by atoms with Crippen LogP contribution < -0.4 is 10.6 Å². The molecule has 1 aliphatic heterocycles. The number of anilines is 1. The van der Waals surface area contributed by atoms with Crippen molar-refractivity contribution in [1.82, 2.24) is 9.62 Å². The Kier molecular flexibility index (Phi) is 7.81. The maximum atomic E-state index is 13.2. The van der Waals surface area contributed by atoms with Crippen LogP contribution in [0.1, 0.15) is 41.7 Å². The van der Waals surface area contributed by atoms with Crippen LogP contribution in [0.5, 0.6) is 0 Å². The van der Waals surface area contributed by atoms with Crippen molar-refractivity contribution in [1.29, 1.82) is 0 Å². The number of hydrogen-bond donors (Lipinski definition) is 2. The van der Waals surface area contributed by atoms with Crippen molar-refractivity contribution in [2.75, 3.05) is 18.4 Å². The Morgan fingerprint density at radius 3 is 2.19 bits per heavy atom. The minimum atomic E-state index is -3.76. The molecule has 0 radical (unpaired) electrons. The summed E-state index contributed by atoms with van der Waals surface area (Å²) < 4.78 is 40.2. The van der Waals surface area contributed by atoms with E-state index in [1.807, 2.05) is 37.3 Å². The Labute approximate surface area is 210 Å². The van der Waals surface area contributed by atoms with E-state index < -0.39 is 21.8 Å². The van der Waals surface area contributed by atoms with Gasteiger partial charge in [0.05, 0.1) is 22.2 Å². The highest BCUT2D eigenvalue weighted by Gasteiger charge is 2.32. The van der Waals surface area contributed by atoms with Gasteiger partial charge in [0.1, 0.15) is 5.82 Å². The number of carbonyl (C=O) groups is 2. The molecule has 4 rings (SSSR count). The number of nitrogens with one attached hydrogen (secondary N) is 2. The molecule has 2 amide bonds. The summed E-state index contributed by atoms with van der Waals surface area (Å²) in [4.78, 5) is 26.0. The van der Waals surface area contributed by atoms with Gasteiger partial charge in [-0.25, -0.2) is 12.8 Å². The molecule has 1 unspecified atom stereocenters. The third kappa shape index (κ3) is 5.80. The summed E-state index contributed by atoms with van der Waals surface area (Å²) >= 11 is 0. The van der Waals surface area contributed by atoms with E-state index in [1.165, 1.54) is 16.4 Å². The number of para-hydroxylation sites is 1. The van der Waals surface area contributed by atoms with Crippen molar-refractivity contribution in [2.45, 2.75) is 30.7 Å². The summed E-state index contributed by atoms with van der Waals surface area (Å²) in [7, 11) is -3.76. The van der Waals surface area contributed by atoms with Gasteiger partial charge in [0, 0.05) is 19.0 Å². The van der Waals surface area contributed by atoms with Crippen molar-refractivity contribution >= 4 is 27.5 Å². The Hall–Kier alpha value is -3.56. The van der Waals surface area contributed by atoms with Gasteiger partial charge in [-0.2, -0.15) is 4.31 Å². The SMILES string of the molecule is CC(NC(=O)c1ccccc1NC(=O)C1CCN(S(=O)(=O)c2ccc(F)cc2)CC1)c1ccccc1. The smallest absolute Gasteiger partial charge is 0.253 e. The predicted octanol–water partition coefficient (Wildman–Crippen LogP) is 4.36. The van der Waals surface area contributed by atoms with Crippen molar-refractivity contribution in [3.05, 3.63) is 95.8 Å². The maximum Gasteiger partial charge on any atom is 0.253 e. The molecule has 1 atom stereocenters. The third-order valence-electron chi connectivity index (χ3n) is 6.35. The van der Waals surface area contributed by atoms with E-state index in [-0.39, 0.29) is 35.8 Å². The molecule has 1 heterocycles. The second-order valence-corrected chi connectivity index (χ2v) is 10.7. The van der Waals surface area contributed by atoms with Gasteiger partial charge in [-0.3, -0.25) is 9.59 Å². The standard InChI is InChI=1S/C27H28FN3O4S/c1-19(20-7-3-2-4-8-20)29-27(33)24-9-5-6-10-25(24)30-26(32)21-15-17-31(18-16-21)36(34,35)23-13-11-22(28)12-14-23/h2-14,19,21H,15-18H2,1H3,(H,29,33)(H,30,32). The molecule has 0 aromatic heterocycles. The molecule has 0 bridgehead atoms. The Morgan fingerprint density at radius 1 is 0.917 bits per heavy atom. The average Bonchev–Trinajstić information content (AvgIpc) is 2.89. The van der Waals surface area contributed by atoms with Crippen LogP contribution in [0.2, 0.25) is 0 Å². The van der Waals surface area contributed by atoms with E-state index in [4.69, 9.17) is 0 Å². The van der Waals surface area contributed by atoms with Gasteiger partial charge in [0.15, 0.2) is 0 Å². The van der Waals surface area contributed by atoms with Crippen LogP contribution in [0.25, 0.3) is 0 Å². The van der Waals surface area contributed by atoms with Crippen LogP contribution >= 0.6 is 0 Å². The fourth-order valence-electron chi connectivity index (χ4n) is 4.24. The lowest BCUT2D eigenvalue weighted by Crippen LogP contribution is -2.41. The fraction of sp³-hybridized carbons (Fsp3) is 0.259. The van der Waals surface area contributed by atoms with Crippen molar-refractivity contribution < 1.29 is 22.4 Å². The number of benzene rings is 3. The molecule has 36 heavy (non-hydrogen) atoms. The van der Waals surface area contributed by atoms with Crippen molar-refractivity contribution in [3.63, 3.8) is 0 Å². The molecule has 3 aromatic carbocycles. The highest BCUT2D eigenvalue weighted by molar-refractivity contribution is 7.89. The molecular formula is C27H28FN3O4S. The first-order chi connectivity index (χ1) is 17.3. The molecule has 7 nitrogen and oxygen atoms in total. The highest BCUT2D eigenvalue weighted by atomic mass is 32.2. The average molecular weight is 510 g/mol. The molecule has 1 saturated heterocycles. The number of hydrogen-bond acceptors (Lipinski definition) is 4. The Morgan fingerprint density at radius 2 is 1.53 bits per heavy atom. The van der Waals surface area contributed by atoms with Gasteiger partial charge in [0.2, 0.25) is 15.9 Å². The number of halogens is 1. The summed E-state index contributed by atoms with van der Waals surface area (Å²) in [6, 6.07) is 20.9. The van der Waals surface area contributed by atoms with Crippen molar-refractivity contribution in [2.24, 2.45) is 5.92 Å². The molecule has 188 valence electrons. The minimum Gasteiger partial charge on any atom is -0.345 e. The Bertz CT molecular complexity index is 1320. The van der Waals surface area contributed by atoms with Crippen LogP contribution in [-0.4, -0.2) is 37.6 Å². The topological polar surface area (TPSA) is 95.6 Å². The van der Waals surface area contributed by atoms with Gasteiger partial charge in [-0.1, -0.05) is 42.5 Å². The lowest BCUT2D eigenvalue weighted by molar-refractivity contribution is -0.120. The summed E-state index contributed by atoms with van der Waals surface area (Å²) in [5.41, 5.74) is 1.72. The largest absolute Gasteiger partial charge is 0.345 e. The molecule has 0 aliphatic carbocycles. The number of piperidine rings is 1. The van der Waals surface area contributed by atoms with Crippen LogP contribution in [0, 0.1) is 11.7 Å². The second kappa shape index (κ2) is 11.0. The maximum absolute atomic E-state index is 13.2. The number of carbonyl (C=O) groups excluding carboxylic acids is 2.